The summed E-state index contributed by atoms with van der Waals surface area (Å²) in [5.41, 5.74) is 5.54. The van der Waals surface area contributed by atoms with Crippen molar-refractivity contribution >= 4 is 62.4 Å². The Bertz CT molecular complexity index is 2310. The topological polar surface area (TPSA) is 78.6 Å². The fraction of sp³-hybridized carbons (Fsp3) is 0.348. The molecule has 58 heavy (non-hydrogen) atoms. The number of anilines is 2. The Kier molecular flexibility index (Phi) is 12.6. The Morgan fingerprint density at radius 2 is 1.78 bits per heavy atom. The van der Waals surface area contributed by atoms with Crippen molar-refractivity contribution in [3.05, 3.63) is 140 Å². The Morgan fingerprint density at radius 1 is 0.948 bits per heavy atom. The predicted octanol–water partition coefficient (Wildman–Crippen LogP) is 8.24. The molecule has 2 saturated heterocycles. The van der Waals surface area contributed by atoms with Crippen LogP contribution in [-0.2, 0) is 30.8 Å². The van der Waals surface area contributed by atoms with Crippen molar-refractivity contribution in [3.8, 4) is 11.8 Å². The van der Waals surface area contributed by atoms with Crippen LogP contribution in [0.25, 0.3) is 15.6 Å². The van der Waals surface area contributed by atoms with Gasteiger partial charge in [0.1, 0.15) is 30.8 Å². The molecule has 298 valence electrons. The molecule has 2 fully saturated rings. The number of fused-ring (bicyclic) bond motifs is 2. The first-order valence-corrected chi connectivity index (χ1v) is 21.5. The van der Waals surface area contributed by atoms with Gasteiger partial charge in [0.25, 0.3) is 0 Å². The Hall–Kier alpha value is -4.90. The zero-order valence-electron chi connectivity index (χ0n) is 32.5. The van der Waals surface area contributed by atoms with Gasteiger partial charge < -0.3 is 29.0 Å². The van der Waals surface area contributed by atoms with Gasteiger partial charge in [0.15, 0.2) is 0 Å². The van der Waals surface area contributed by atoms with Crippen molar-refractivity contribution in [2.45, 2.75) is 50.9 Å². The van der Waals surface area contributed by atoms with Crippen molar-refractivity contribution < 1.29 is 14.3 Å². The van der Waals surface area contributed by atoms with E-state index in [1.807, 2.05) is 12.1 Å². The average Bonchev–Trinajstić information content (AvgIpc) is 3.71. The number of rotatable bonds is 13. The fourth-order valence-corrected chi connectivity index (χ4v) is 9.43. The third kappa shape index (κ3) is 9.04. The minimum Gasteiger partial charge on any atom is -0.489 e. The van der Waals surface area contributed by atoms with Crippen LogP contribution in [0.1, 0.15) is 35.2 Å². The van der Waals surface area contributed by atoms with Gasteiger partial charge in [-0.25, -0.2) is 6.57 Å². The highest BCUT2D eigenvalue weighted by Gasteiger charge is 2.35. The molecule has 0 aliphatic carbocycles. The van der Waals surface area contributed by atoms with Gasteiger partial charge in [-0.1, -0.05) is 66.7 Å². The second-order valence-electron chi connectivity index (χ2n) is 15.2. The molecular weight excluding hydrogens is 865 g/mol. The lowest BCUT2D eigenvalue weighted by atomic mass is 10.0. The van der Waals surface area contributed by atoms with E-state index in [2.05, 4.69) is 122 Å². The second-order valence-corrected chi connectivity index (χ2v) is 16.8. The molecule has 12 heteroatoms. The van der Waals surface area contributed by atoms with Crippen LogP contribution in [0.15, 0.2) is 97.6 Å². The van der Waals surface area contributed by atoms with E-state index in [9.17, 15) is 4.79 Å². The molecule has 5 aromatic rings. The van der Waals surface area contributed by atoms with Crippen molar-refractivity contribution in [1.82, 2.24) is 19.8 Å². The molecule has 0 bridgehead atoms. The summed E-state index contributed by atoms with van der Waals surface area (Å²) in [5, 5.41) is 2.86. The lowest BCUT2D eigenvalue weighted by Crippen LogP contribution is -2.56. The number of piperazine rings is 1. The van der Waals surface area contributed by atoms with Gasteiger partial charge in [-0.05, 0) is 114 Å². The van der Waals surface area contributed by atoms with Gasteiger partial charge in [-0.3, -0.25) is 9.69 Å². The number of halogens is 2. The minimum absolute atomic E-state index is 0.146. The lowest BCUT2D eigenvalue weighted by molar-refractivity contribution is -0.128. The van der Waals surface area contributed by atoms with E-state index in [1.54, 1.807) is 4.90 Å². The van der Waals surface area contributed by atoms with Gasteiger partial charge in [-0.2, -0.15) is 9.97 Å². The molecule has 2 atom stereocenters. The summed E-state index contributed by atoms with van der Waals surface area (Å²) in [6.07, 6.45) is 5.18. The van der Waals surface area contributed by atoms with Gasteiger partial charge in [-0.15, -0.1) is 0 Å². The van der Waals surface area contributed by atoms with Crippen LogP contribution in [0.5, 0.6) is 11.8 Å². The first-order chi connectivity index (χ1) is 28.4. The third-order valence-electron chi connectivity index (χ3n) is 11.5. The maximum Gasteiger partial charge on any atom is 0.318 e. The summed E-state index contributed by atoms with van der Waals surface area (Å²) in [4.78, 5) is 35.5. The number of carbonyl (C=O) groups excluding carboxylic acids is 1. The molecule has 1 amide bonds. The van der Waals surface area contributed by atoms with Crippen LogP contribution in [0.2, 0.25) is 5.02 Å². The van der Waals surface area contributed by atoms with E-state index >= 15 is 0 Å². The monoisotopic (exact) mass is 911 g/mol. The largest absolute Gasteiger partial charge is 0.489 e. The number of likely N-dealkylation sites (tertiary alicyclic amines) is 1. The molecule has 0 saturated carbocycles. The van der Waals surface area contributed by atoms with Crippen molar-refractivity contribution in [1.29, 1.82) is 0 Å². The van der Waals surface area contributed by atoms with Crippen LogP contribution >= 0.6 is 34.2 Å². The maximum absolute atomic E-state index is 12.7. The smallest absolute Gasteiger partial charge is 0.318 e. The molecule has 4 aromatic carbocycles. The number of ether oxygens (including phenoxy) is 2. The summed E-state index contributed by atoms with van der Waals surface area (Å²) >= 11 is 9.11. The molecule has 3 aliphatic rings. The van der Waals surface area contributed by atoms with Gasteiger partial charge in [0.05, 0.1) is 17.3 Å². The Balaban J connectivity index is 0.979. The van der Waals surface area contributed by atoms with Crippen LogP contribution < -0.4 is 19.3 Å². The number of hydrogen-bond donors (Lipinski definition) is 0. The lowest BCUT2D eigenvalue weighted by Gasteiger charge is -2.41. The van der Waals surface area contributed by atoms with E-state index in [4.69, 9.17) is 37.6 Å². The van der Waals surface area contributed by atoms with E-state index in [0.717, 1.165) is 95.2 Å². The predicted molar refractivity (Wildman–Crippen MR) is 239 cm³/mol. The molecule has 0 unspecified atom stereocenters. The first kappa shape index (κ1) is 39.9. The van der Waals surface area contributed by atoms with E-state index in [0.29, 0.717) is 45.4 Å². The number of benzene rings is 4. The Labute approximate surface area is 359 Å². The number of hydrogen-bond acceptors (Lipinski definition) is 8. The number of carbonyl (C=O) groups is 1. The van der Waals surface area contributed by atoms with E-state index in [-0.39, 0.29) is 24.5 Å². The highest BCUT2D eigenvalue weighted by Crippen LogP contribution is 2.37. The minimum atomic E-state index is -0.265. The summed E-state index contributed by atoms with van der Waals surface area (Å²) in [6, 6.07) is 29.5. The number of nitrogens with zero attached hydrogens (tertiary/aromatic N) is 7. The standard InChI is InChI=1S/C46H47ClIN7O3/c1-3-43(56)55-25-24-54(28-37(55)27-49-2)45-39-20-23-53(42-14-6-10-34-9-5-13-40(47)44(34)42)29-41(39)50-46(51-45)58-31-36-12-7-21-52(36)22-19-32-15-17-38(18-16-32)57-30-33-8-4-11-35(48)26-33/h3-6,8-11,13-18,26,36-37H,1,7,12,19-25,27-31H2/t36-,37-/m0/s1/i48+4. The van der Waals surface area contributed by atoms with Crippen molar-refractivity contribution in [2.75, 3.05) is 62.2 Å². The average molecular weight is 912 g/mol. The SMILES string of the molecule is [C-]#[N+]C[C@H]1CN(c2nc(OC[C@@H]3CCCN3CCc3ccc(OCc4cccc([131I])c4)cc3)nc3c2CCN(c2cccc4cccc(Cl)c24)C3)CCN1C(=O)C=C. The van der Waals surface area contributed by atoms with Gasteiger partial charge in [0.2, 0.25) is 12.5 Å². The van der Waals surface area contributed by atoms with E-state index in [1.165, 1.54) is 15.2 Å². The number of amides is 1. The highest BCUT2D eigenvalue weighted by atomic mass is 131. The van der Waals surface area contributed by atoms with Crippen molar-refractivity contribution in [3.63, 3.8) is 0 Å². The van der Waals surface area contributed by atoms with Gasteiger partial charge in [0, 0.05) is 59.0 Å². The van der Waals surface area contributed by atoms with E-state index < -0.39 is 0 Å². The molecule has 3 aliphatic heterocycles. The summed E-state index contributed by atoms with van der Waals surface area (Å²) in [6.45, 7) is 17.5. The molecule has 1 aromatic heterocycles. The highest BCUT2D eigenvalue weighted by molar-refractivity contribution is 14.1. The molecule has 0 radical (unpaired) electrons. The third-order valence-corrected chi connectivity index (χ3v) is 12.5. The molecule has 4 heterocycles. The van der Waals surface area contributed by atoms with Crippen LogP contribution in [-0.4, -0.2) is 90.2 Å². The summed E-state index contributed by atoms with van der Waals surface area (Å²) in [7, 11) is 0. The van der Waals surface area contributed by atoms with Crippen molar-refractivity contribution in [2.24, 2.45) is 0 Å². The normalized spacial score (nSPS) is 18.2. The van der Waals surface area contributed by atoms with Crippen LogP contribution in [0.4, 0.5) is 11.5 Å². The maximum atomic E-state index is 12.7. The molecule has 0 N–H and O–H groups in total. The van der Waals surface area contributed by atoms with Crippen LogP contribution in [0, 0.1) is 10.1 Å². The second kappa shape index (κ2) is 18.4. The zero-order chi connectivity index (χ0) is 40.0. The summed E-state index contributed by atoms with van der Waals surface area (Å²) in [5.74, 6) is 1.57. The summed E-state index contributed by atoms with van der Waals surface area (Å²) < 4.78 is 13.8. The molecule has 10 nitrogen and oxygen atoms in total. The zero-order valence-corrected chi connectivity index (χ0v) is 35.4. The fourth-order valence-electron chi connectivity index (χ4n) is 8.54. The molecule has 0 spiro atoms. The first-order valence-electron chi connectivity index (χ1n) is 20.0. The number of aromatic nitrogens is 2. The molecular formula is C46H47ClIN7O3. The quantitative estimate of drug-likeness (QED) is 0.0665. The van der Waals surface area contributed by atoms with Crippen LogP contribution in [0.3, 0.4) is 0 Å². The van der Waals surface area contributed by atoms with Gasteiger partial charge >= 0.3 is 6.01 Å². The molecule has 8 rings (SSSR count). The Morgan fingerprint density at radius 3 is 2.59 bits per heavy atom.